The predicted octanol–water partition coefficient (Wildman–Crippen LogP) is 1.54. The number of nitrogens with one attached hydrogen (secondary N) is 2. The lowest BCUT2D eigenvalue weighted by Gasteiger charge is -2.19. The van der Waals surface area contributed by atoms with Gasteiger partial charge in [-0.05, 0) is 23.8 Å². The summed E-state index contributed by atoms with van der Waals surface area (Å²) >= 11 is 0. The third-order valence-electron chi connectivity index (χ3n) is 4.76. The van der Waals surface area contributed by atoms with E-state index < -0.39 is 37.5 Å². The molecule has 10 nitrogen and oxygen atoms in total. The Morgan fingerprint density at radius 1 is 1.19 bits per heavy atom. The first-order valence-corrected chi connectivity index (χ1v) is 12.7. The Hall–Kier alpha value is -3.51. The molecule has 0 aliphatic carbocycles. The highest BCUT2D eigenvalue weighted by molar-refractivity contribution is 7.91. The summed E-state index contributed by atoms with van der Waals surface area (Å²) in [5, 5.41) is 5.31. The number of aromatic nitrogens is 1. The van der Waals surface area contributed by atoms with Crippen molar-refractivity contribution in [3.8, 4) is 0 Å². The standard InChI is InChI=1S/C20H18N4O6S2/c1-31(26,27)14-7-8-16-17(11-14)32(28,29)24-18(23-16)19(25)22-12-15(20-21-9-10-30-20)13-5-3-2-4-6-13/h2-11,15H,12H2,1H3,(H,22,25)(H,23,24). The molecule has 0 saturated carbocycles. The van der Waals surface area contributed by atoms with Crippen LogP contribution in [-0.2, 0) is 24.7 Å². The van der Waals surface area contributed by atoms with Crippen LogP contribution in [0.4, 0.5) is 5.69 Å². The topological polar surface area (TPSA) is 148 Å². The van der Waals surface area contributed by atoms with Crippen LogP contribution in [0.1, 0.15) is 17.4 Å². The van der Waals surface area contributed by atoms with E-state index in [1.165, 1.54) is 24.6 Å². The number of oxazole rings is 1. The van der Waals surface area contributed by atoms with Crippen LogP contribution in [0.3, 0.4) is 0 Å². The first-order valence-electron chi connectivity index (χ1n) is 9.34. The number of rotatable bonds is 6. The van der Waals surface area contributed by atoms with Gasteiger partial charge in [0.05, 0.1) is 22.7 Å². The molecule has 1 atom stereocenters. The molecule has 4 rings (SSSR count). The zero-order valence-corrected chi connectivity index (χ0v) is 18.4. The number of benzene rings is 2. The highest BCUT2D eigenvalue weighted by atomic mass is 32.2. The SMILES string of the molecule is CS(=O)(=O)c1ccc2c(c1)S(=O)(=O)N=C(C(=O)NCC(c1ccccc1)c1ncco1)N2. The van der Waals surface area contributed by atoms with Gasteiger partial charge < -0.3 is 15.1 Å². The van der Waals surface area contributed by atoms with Crippen molar-refractivity contribution in [2.45, 2.75) is 15.7 Å². The maximum atomic E-state index is 12.7. The molecule has 0 bridgehead atoms. The van der Waals surface area contributed by atoms with Crippen LogP contribution in [0.5, 0.6) is 0 Å². The van der Waals surface area contributed by atoms with Gasteiger partial charge in [0, 0.05) is 12.8 Å². The normalized spacial score (nSPS) is 15.7. The molecule has 3 aromatic rings. The van der Waals surface area contributed by atoms with Gasteiger partial charge in [0.15, 0.2) is 9.84 Å². The van der Waals surface area contributed by atoms with Gasteiger partial charge in [-0.3, -0.25) is 4.79 Å². The molecule has 32 heavy (non-hydrogen) atoms. The lowest BCUT2D eigenvalue weighted by molar-refractivity contribution is -0.114. The van der Waals surface area contributed by atoms with Crippen molar-refractivity contribution in [1.82, 2.24) is 10.3 Å². The summed E-state index contributed by atoms with van der Waals surface area (Å²) in [6.45, 7) is 0.0734. The van der Waals surface area contributed by atoms with E-state index in [0.29, 0.717) is 5.89 Å². The highest BCUT2D eigenvalue weighted by Gasteiger charge is 2.30. The Kier molecular flexibility index (Phi) is 5.57. The van der Waals surface area contributed by atoms with Crippen LogP contribution >= 0.6 is 0 Å². The number of hydrogen-bond acceptors (Lipinski definition) is 8. The van der Waals surface area contributed by atoms with Gasteiger partial charge in [-0.25, -0.2) is 13.4 Å². The van der Waals surface area contributed by atoms with Crippen molar-refractivity contribution in [2.75, 3.05) is 18.1 Å². The van der Waals surface area contributed by atoms with Gasteiger partial charge in [-0.1, -0.05) is 30.3 Å². The number of carbonyl (C=O) groups excluding carboxylic acids is 1. The van der Waals surface area contributed by atoms with E-state index in [1.807, 2.05) is 30.3 Å². The molecule has 0 saturated heterocycles. The molecule has 2 N–H and O–H groups in total. The molecule has 12 heteroatoms. The number of amidine groups is 1. The van der Waals surface area contributed by atoms with E-state index in [0.717, 1.165) is 17.9 Å². The van der Waals surface area contributed by atoms with Crippen LogP contribution < -0.4 is 10.6 Å². The van der Waals surface area contributed by atoms with Crippen molar-refractivity contribution >= 4 is 37.3 Å². The molecular formula is C20H18N4O6S2. The summed E-state index contributed by atoms with van der Waals surface area (Å²) < 4.78 is 57.6. The molecule has 2 aromatic carbocycles. The average molecular weight is 475 g/mol. The fraction of sp³-hybridized carbons (Fsp3) is 0.150. The molecule has 0 radical (unpaired) electrons. The first-order chi connectivity index (χ1) is 15.1. The van der Waals surface area contributed by atoms with Gasteiger partial charge in [0.1, 0.15) is 11.2 Å². The fourth-order valence-corrected chi connectivity index (χ4v) is 5.05. The van der Waals surface area contributed by atoms with Gasteiger partial charge in [-0.15, -0.1) is 4.40 Å². The Labute approximate surface area is 184 Å². The largest absolute Gasteiger partial charge is 0.448 e. The molecule has 0 spiro atoms. The first kappa shape index (κ1) is 21.7. The Bertz CT molecular complexity index is 1400. The van der Waals surface area contributed by atoms with E-state index in [2.05, 4.69) is 20.0 Å². The summed E-state index contributed by atoms with van der Waals surface area (Å²) in [4.78, 5) is 16.4. The van der Waals surface area contributed by atoms with Crippen molar-refractivity contribution in [3.63, 3.8) is 0 Å². The molecular weight excluding hydrogens is 456 g/mol. The number of anilines is 1. The smallest absolute Gasteiger partial charge is 0.287 e. The molecule has 1 aliphatic rings. The zero-order valence-electron chi connectivity index (χ0n) is 16.7. The van der Waals surface area contributed by atoms with Crippen LogP contribution in [0.25, 0.3) is 0 Å². The molecule has 1 unspecified atom stereocenters. The molecule has 1 aromatic heterocycles. The number of sulfonamides is 1. The van der Waals surface area contributed by atoms with Gasteiger partial charge in [0.2, 0.25) is 11.7 Å². The summed E-state index contributed by atoms with van der Waals surface area (Å²) in [5.74, 6) is -1.19. The van der Waals surface area contributed by atoms with Crippen LogP contribution in [0, 0.1) is 0 Å². The van der Waals surface area contributed by atoms with E-state index in [1.54, 1.807) is 0 Å². The maximum Gasteiger partial charge on any atom is 0.287 e. The van der Waals surface area contributed by atoms with Crippen LogP contribution in [0.15, 0.2) is 79.6 Å². The monoisotopic (exact) mass is 474 g/mol. The summed E-state index contributed by atoms with van der Waals surface area (Å²) in [5.41, 5.74) is 0.907. The molecule has 1 amide bonds. The number of fused-ring (bicyclic) bond motifs is 1. The van der Waals surface area contributed by atoms with E-state index in [4.69, 9.17) is 4.42 Å². The minimum absolute atomic E-state index is 0.0601. The number of sulfone groups is 1. The second-order valence-electron chi connectivity index (χ2n) is 7.01. The lowest BCUT2D eigenvalue weighted by atomic mass is 9.99. The van der Waals surface area contributed by atoms with Crippen molar-refractivity contribution < 1.29 is 26.0 Å². The highest BCUT2D eigenvalue weighted by Crippen LogP contribution is 2.30. The van der Waals surface area contributed by atoms with Crippen molar-refractivity contribution in [3.05, 3.63) is 72.4 Å². The van der Waals surface area contributed by atoms with E-state index in [9.17, 15) is 21.6 Å². The van der Waals surface area contributed by atoms with Gasteiger partial charge in [0.25, 0.3) is 15.9 Å². The van der Waals surface area contributed by atoms with Gasteiger partial charge >= 0.3 is 0 Å². The zero-order chi connectivity index (χ0) is 22.9. The average Bonchev–Trinajstić information content (AvgIpc) is 3.27. The predicted molar refractivity (Wildman–Crippen MR) is 116 cm³/mol. The fourth-order valence-electron chi connectivity index (χ4n) is 3.19. The minimum atomic E-state index is -4.28. The van der Waals surface area contributed by atoms with Crippen molar-refractivity contribution in [1.29, 1.82) is 0 Å². The summed E-state index contributed by atoms with van der Waals surface area (Å²) in [6, 6.07) is 12.8. The molecule has 166 valence electrons. The number of nitrogens with zero attached hydrogens (tertiary/aromatic N) is 2. The maximum absolute atomic E-state index is 12.7. The second kappa shape index (κ2) is 8.20. The quantitative estimate of drug-likeness (QED) is 0.547. The van der Waals surface area contributed by atoms with Crippen LogP contribution in [-0.4, -0.2) is 46.4 Å². The Morgan fingerprint density at radius 3 is 2.59 bits per heavy atom. The van der Waals surface area contributed by atoms with Crippen LogP contribution in [0.2, 0.25) is 0 Å². The Morgan fingerprint density at radius 2 is 1.94 bits per heavy atom. The summed E-state index contributed by atoms with van der Waals surface area (Å²) in [7, 11) is -7.90. The summed E-state index contributed by atoms with van der Waals surface area (Å²) in [6.07, 6.45) is 3.89. The Balaban J connectivity index is 1.57. The second-order valence-corrected chi connectivity index (χ2v) is 10.6. The molecule has 1 aliphatic heterocycles. The number of amides is 1. The number of carbonyl (C=O) groups is 1. The minimum Gasteiger partial charge on any atom is -0.448 e. The van der Waals surface area contributed by atoms with E-state index >= 15 is 0 Å². The van der Waals surface area contributed by atoms with Gasteiger partial charge in [-0.2, -0.15) is 8.42 Å². The van der Waals surface area contributed by atoms with Crippen molar-refractivity contribution in [2.24, 2.45) is 4.40 Å². The third-order valence-corrected chi connectivity index (χ3v) is 7.18. The lowest BCUT2D eigenvalue weighted by Crippen LogP contribution is -2.40. The molecule has 2 heterocycles. The number of hydrogen-bond donors (Lipinski definition) is 2. The third kappa shape index (κ3) is 4.41. The molecule has 0 fully saturated rings. The van der Waals surface area contributed by atoms with E-state index in [-0.39, 0.29) is 22.0 Å².